The van der Waals surface area contributed by atoms with E-state index in [9.17, 15) is 0 Å². The van der Waals surface area contributed by atoms with Gasteiger partial charge < -0.3 is 10.1 Å². The first-order valence-corrected chi connectivity index (χ1v) is 2.76. The van der Waals surface area contributed by atoms with Crippen molar-refractivity contribution < 1.29 is 5.11 Å². The van der Waals surface area contributed by atoms with E-state index in [-0.39, 0.29) is 0 Å². The quantitative estimate of drug-likeness (QED) is 0.508. The molecule has 0 aromatic carbocycles. The zero-order valence-corrected chi connectivity index (χ0v) is 4.44. The van der Waals surface area contributed by atoms with Gasteiger partial charge in [-0.1, -0.05) is 0 Å². The lowest BCUT2D eigenvalue weighted by molar-refractivity contribution is 0.444. The van der Waals surface area contributed by atoms with Crippen molar-refractivity contribution in [3.8, 4) is 5.88 Å². The summed E-state index contributed by atoms with van der Waals surface area (Å²) in [7, 11) is 0. The smallest absolute Gasteiger partial charge is 0.191 e. The minimum Gasteiger partial charge on any atom is -0.494 e. The molecule has 2 bridgehead atoms. The molecule has 1 heterocycles. The van der Waals surface area contributed by atoms with Crippen molar-refractivity contribution in [1.82, 2.24) is 4.98 Å². The van der Waals surface area contributed by atoms with Gasteiger partial charge in [0.2, 0.25) is 0 Å². The lowest BCUT2D eigenvalue weighted by Gasteiger charge is -1.96. The molecule has 0 unspecified atom stereocenters. The van der Waals surface area contributed by atoms with Gasteiger partial charge in [-0.05, 0) is 18.9 Å². The van der Waals surface area contributed by atoms with E-state index in [4.69, 9.17) is 5.11 Å². The molecule has 2 heteroatoms. The molecule has 1 aliphatic rings. The Morgan fingerprint density at radius 3 is 2.62 bits per heavy atom. The molecule has 8 heavy (non-hydrogen) atoms. The molecule has 2 nitrogen and oxygen atoms in total. The Morgan fingerprint density at radius 1 is 1.50 bits per heavy atom. The van der Waals surface area contributed by atoms with Gasteiger partial charge in [0.15, 0.2) is 5.88 Å². The fourth-order valence-electron chi connectivity index (χ4n) is 1.14. The average Bonchev–Trinajstić information content (AvgIpc) is 2.23. The van der Waals surface area contributed by atoms with Crippen LogP contribution in [0.5, 0.6) is 5.88 Å². The van der Waals surface area contributed by atoms with Gasteiger partial charge in [0.1, 0.15) is 0 Å². The SMILES string of the molecule is Oc1[nH]c2cc1CC2. The second kappa shape index (κ2) is 1.08. The van der Waals surface area contributed by atoms with Gasteiger partial charge in [-0.25, -0.2) is 0 Å². The molecule has 1 aromatic heterocycles. The van der Waals surface area contributed by atoms with E-state index in [1.165, 1.54) is 0 Å². The number of hydrogen-bond acceptors (Lipinski definition) is 1. The molecule has 1 aromatic rings. The number of aryl methyl sites for hydroxylation is 2. The molecule has 0 fully saturated rings. The van der Waals surface area contributed by atoms with Crippen LogP contribution in [0.15, 0.2) is 6.07 Å². The van der Waals surface area contributed by atoms with Gasteiger partial charge >= 0.3 is 0 Å². The fourth-order valence-corrected chi connectivity index (χ4v) is 1.14. The van der Waals surface area contributed by atoms with E-state index in [1.54, 1.807) is 0 Å². The first kappa shape index (κ1) is 4.01. The Bertz CT molecular complexity index is 211. The van der Waals surface area contributed by atoms with Crippen LogP contribution in [0.25, 0.3) is 0 Å². The summed E-state index contributed by atoms with van der Waals surface area (Å²) in [5.74, 6) is 0.367. The van der Waals surface area contributed by atoms with Gasteiger partial charge in [-0.3, -0.25) is 0 Å². The average molecular weight is 109 g/mol. The first-order chi connectivity index (χ1) is 3.86. The molecule has 2 rings (SSSR count). The minimum absolute atomic E-state index is 0.367. The predicted octanol–water partition coefficient (Wildman–Crippen LogP) is 0.819. The molecule has 42 valence electrons. The topological polar surface area (TPSA) is 36.0 Å². The highest BCUT2D eigenvalue weighted by molar-refractivity contribution is 5.35. The van der Waals surface area contributed by atoms with E-state index in [0.717, 1.165) is 24.1 Å². The van der Waals surface area contributed by atoms with E-state index >= 15 is 0 Å². The number of H-pyrrole nitrogens is 1. The Morgan fingerprint density at radius 2 is 2.38 bits per heavy atom. The predicted molar refractivity (Wildman–Crippen MR) is 29.9 cm³/mol. The third-order valence-electron chi connectivity index (χ3n) is 1.60. The summed E-state index contributed by atoms with van der Waals surface area (Å²) in [6.07, 6.45) is 2.10. The van der Waals surface area contributed by atoms with E-state index in [1.807, 2.05) is 6.07 Å². The summed E-state index contributed by atoms with van der Waals surface area (Å²) in [4.78, 5) is 2.85. The third kappa shape index (κ3) is 0.327. The van der Waals surface area contributed by atoms with Crippen molar-refractivity contribution in [1.29, 1.82) is 0 Å². The molecule has 0 saturated carbocycles. The Kier molecular flexibility index (Phi) is 0.539. The lowest BCUT2D eigenvalue weighted by atomic mass is 10.2. The molecular formula is C6H7NO. The number of aromatic nitrogens is 1. The molecule has 1 aliphatic carbocycles. The number of aromatic hydroxyl groups is 1. The van der Waals surface area contributed by atoms with E-state index < -0.39 is 0 Å². The standard InChI is InChI=1S/C6H7NO/c8-6-4-1-2-5(3-4)7-6/h3,7-8H,1-2H2. The zero-order chi connectivity index (χ0) is 5.56. The summed E-state index contributed by atoms with van der Waals surface area (Å²) < 4.78 is 0. The molecule has 0 atom stereocenters. The molecular weight excluding hydrogens is 102 g/mol. The van der Waals surface area contributed by atoms with Crippen LogP contribution >= 0.6 is 0 Å². The first-order valence-electron chi connectivity index (χ1n) is 2.76. The van der Waals surface area contributed by atoms with E-state index in [0.29, 0.717) is 5.88 Å². The van der Waals surface area contributed by atoms with Crippen molar-refractivity contribution in [3.63, 3.8) is 0 Å². The largest absolute Gasteiger partial charge is 0.494 e. The summed E-state index contributed by atoms with van der Waals surface area (Å²) in [6, 6.07) is 2.01. The Balaban J connectivity index is 2.68. The van der Waals surface area contributed by atoms with Crippen molar-refractivity contribution in [2.45, 2.75) is 12.8 Å². The molecule has 0 radical (unpaired) electrons. The highest BCUT2D eigenvalue weighted by Gasteiger charge is 2.13. The highest BCUT2D eigenvalue weighted by Crippen LogP contribution is 2.25. The number of rotatable bonds is 0. The summed E-state index contributed by atoms with van der Waals surface area (Å²) in [5.41, 5.74) is 2.23. The van der Waals surface area contributed by atoms with Crippen LogP contribution in [0, 0.1) is 0 Å². The summed E-state index contributed by atoms with van der Waals surface area (Å²) >= 11 is 0. The van der Waals surface area contributed by atoms with Gasteiger partial charge in [-0.2, -0.15) is 0 Å². The van der Waals surface area contributed by atoms with Crippen LogP contribution in [-0.4, -0.2) is 10.1 Å². The minimum atomic E-state index is 0.367. The zero-order valence-electron chi connectivity index (χ0n) is 4.44. The number of hydrogen-bond donors (Lipinski definition) is 2. The van der Waals surface area contributed by atoms with Crippen LogP contribution in [0.2, 0.25) is 0 Å². The molecule has 0 spiro atoms. The van der Waals surface area contributed by atoms with Crippen LogP contribution < -0.4 is 0 Å². The molecule has 2 N–H and O–H groups in total. The maximum absolute atomic E-state index is 8.94. The summed E-state index contributed by atoms with van der Waals surface area (Å²) in [5, 5.41) is 8.94. The number of aromatic amines is 1. The highest BCUT2D eigenvalue weighted by atomic mass is 16.3. The normalized spacial score (nSPS) is 15.0. The fraction of sp³-hybridized carbons (Fsp3) is 0.333. The van der Waals surface area contributed by atoms with Gasteiger partial charge in [-0.15, -0.1) is 0 Å². The second-order valence-corrected chi connectivity index (χ2v) is 2.17. The van der Waals surface area contributed by atoms with Crippen molar-refractivity contribution >= 4 is 0 Å². The number of fused-ring (bicyclic) bond motifs is 2. The second-order valence-electron chi connectivity index (χ2n) is 2.17. The maximum atomic E-state index is 8.94. The van der Waals surface area contributed by atoms with Crippen LogP contribution in [-0.2, 0) is 12.8 Å². The van der Waals surface area contributed by atoms with Gasteiger partial charge in [0, 0.05) is 11.3 Å². The van der Waals surface area contributed by atoms with Crippen molar-refractivity contribution in [2.24, 2.45) is 0 Å². The monoisotopic (exact) mass is 109 g/mol. The Hall–Kier alpha value is -0.920. The van der Waals surface area contributed by atoms with E-state index in [2.05, 4.69) is 4.98 Å². The van der Waals surface area contributed by atoms with Crippen molar-refractivity contribution in [2.75, 3.05) is 0 Å². The number of nitrogens with one attached hydrogen (secondary N) is 1. The lowest BCUT2D eigenvalue weighted by Crippen LogP contribution is -1.87. The van der Waals surface area contributed by atoms with Gasteiger partial charge in [0.05, 0.1) is 0 Å². The van der Waals surface area contributed by atoms with Crippen LogP contribution in [0.3, 0.4) is 0 Å². The van der Waals surface area contributed by atoms with Crippen LogP contribution in [0.1, 0.15) is 11.3 Å². The van der Waals surface area contributed by atoms with Crippen molar-refractivity contribution in [3.05, 3.63) is 17.3 Å². The maximum Gasteiger partial charge on any atom is 0.191 e. The molecule has 0 amide bonds. The molecule has 0 aliphatic heterocycles. The van der Waals surface area contributed by atoms with Crippen LogP contribution in [0.4, 0.5) is 0 Å². The molecule has 0 saturated heterocycles. The Labute approximate surface area is 47.2 Å². The third-order valence-corrected chi connectivity index (χ3v) is 1.60. The van der Waals surface area contributed by atoms with Gasteiger partial charge in [0.25, 0.3) is 0 Å². The summed E-state index contributed by atoms with van der Waals surface area (Å²) in [6.45, 7) is 0.